The molecule has 0 spiro atoms. The van der Waals surface area contributed by atoms with Gasteiger partial charge in [0.1, 0.15) is 0 Å². The summed E-state index contributed by atoms with van der Waals surface area (Å²) in [5.41, 5.74) is 7.78. The molecule has 1 amide bonds. The SMILES string of the molecule is CC(C)CC(N)c1cc(C(F)(F)F)ccc1N1CCN(C(=O)C(Cc2ccc(Cl)cc2Cl)C(C)C)CC1. The van der Waals surface area contributed by atoms with Crippen LogP contribution in [0.25, 0.3) is 0 Å². The van der Waals surface area contributed by atoms with Crippen molar-refractivity contribution in [1.82, 2.24) is 4.90 Å². The number of nitrogens with zero attached hydrogens (tertiary/aromatic N) is 2. The van der Waals surface area contributed by atoms with Crippen molar-refractivity contribution in [2.24, 2.45) is 23.5 Å². The molecule has 0 bridgehead atoms. The van der Waals surface area contributed by atoms with E-state index in [-0.39, 0.29) is 23.7 Å². The van der Waals surface area contributed by atoms with Crippen molar-refractivity contribution >= 4 is 34.8 Å². The molecular formula is C28H36Cl2F3N3O. The first-order valence-electron chi connectivity index (χ1n) is 12.7. The maximum Gasteiger partial charge on any atom is 0.416 e. The lowest BCUT2D eigenvalue weighted by Gasteiger charge is -2.39. The van der Waals surface area contributed by atoms with Gasteiger partial charge in [0.05, 0.1) is 5.56 Å². The van der Waals surface area contributed by atoms with Crippen LogP contribution in [0.5, 0.6) is 0 Å². The van der Waals surface area contributed by atoms with Crippen LogP contribution in [0.2, 0.25) is 10.0 Å². The lowest BCUT2D eigenvalue weighted by atomic mass is 9.87. The van der Waals surface area contributed by atoms with Crippen LogP contribution >= 0.6 is 23.2 Å². The van der Waals surface area contributed by atoms with Crippen molar-refractivity contribution in [3.63, 3.8) is 0 Å². The van der Waals surface area contributed by atoms with Crippen molar-refractivity contribution in [3.8, 4) is 0 Å². The molecule has 2 aromatic carbocycles. The molecule has 0 radical (unpaired) electrons. The Labute approximate surface area is 227 Å². The van der Waals surface area contributed by atoms with Crippen molar-refractivity contribution in [1.29, 1.82) is 0 Å². The number of carbonyl (C=O) groups is 1. The van der Waals surface area contributed by atoms with Gasteiger partial charge >= 0.3 is 6.18 Å². The average molecular weight is 559 g/mol. The molecule has 9 heteroatoms. The highest BCUT2D eigenvalue weighted by molar-refractivity contribution is 6.35. The fourth-order valence-electron chi connectivity index (χ4n) is 4.89. The number of piperazine rings is 1. The third-order valence-electron chi connectivity index (χ3n) is 6.99. The van der Waals surface area contributed by atoms with Gasteiger partial charge < -0.3 is 15.5 Å². The van der Waals surface area contributed by atoms with E-state index in [1.807, 2.05) is 43.6 Å². The zero-order valence-electron chi connectivity index (χ0n) is 21.8. The highest BCUT2D eigenvalue weighted by Crippen LogP contribution is 2.37. The highest BCUT2D eigenvalue weighted by atomic mass is 35.5. The number of nitrogens with two attached hydrogens (primary N) is 1. The zero-order valence-corrected chi connectivity index (χ0v) is 23.3. The number of anilines is 1. The van der Waals surface area contributed by atoms with Gasteiger partial charge in [0.15, 0.2) is 0 Å². The molecule has 37 heavy (non-hydrogen) atoms. The largest absolute Gasteiger partial charge is 0.416 e. The predicted molar refractivity (Wildman–Crippen MR) is 145 cm³/mol. The standard InChI is InChI=1S/C28H36Cl2F3N3O/c1-17(2)13-25(34)23-15-20(28(31,32)33)6-8-26(23)35-9-11-36(12-10-35)27(37)22(18(3)4)14-19-5-7-21(29)16-24(19)30/h5-8,15-18,22,25H,9-14,34H2,1-4H3. The fraction of sp³-hybridized carbons (Fsp3) is 0.536. The third kappa shape index (κ3) is 7.55. The van der Waals surface area contributed by atoms with Crippen LogP contribution in [0.3, 0.4) is 0 Å². The molecule has 2 aromatic rings. The minimum Gasteiger partial charge on any atom is -0.368 e. The first-order valence-corrected chi connectivity index (χ1v) is 13.5. The molecule has 1 aliphatic rings. The Bertz CT molecular complexity index is 1080. The van der Waals surface area contributed by atoms with E-state index in [9.17, 15) is 18.0 Å². The second-order valence-corrected chi connectivity index (χ2v) is 11.5. The molecule has 0 aromatic heterocycles. The topological polar surface area (TPSA) is 49.6 Å². The molecular weight excluding hydrogens is 522 g/mol. The molecule has 1 aliphatic heterocycles. The Kier molecular flexibility index (Phi) is 9.81. The van der Waals surface area contributed by atoms with Gasteiger partial charge in [-0.2, -0.15) is 13.2 Å². The second kappa shape index (κ2) is 12.3. The van der Waals surface area contributed by atoms with Gasteiger partial charge in [0, 0.05) is 53.9 Å². The molecule has 2 atom stereocenters. The summed E-state index contributed by atoms with van der Waals surface area (Å²) in [5, 5.41) is 1.09. The van der Waals surface area contributed by atoms with Gasteiger partial charge in [-0.3, -0.25) is 4.79 Å². The van der Waals surface area contributed by atoms with Gasteiger partial charge in [-0.05, 0) is 66.1 Å². The zero-order chi connectivity index (χ0) is 27.5. The minimum atomic E-state index is -4.44. The van der Waals surface area contributed by atoms with E-state index in [1.165, 1.54) is 12.1 Å². The maximum atomic E-state index is 13.5. The van der Waals surface area contributed by atoms with E-state index in [4.69, 9.17) is 28.9 Å². The lowest BCUT2D eigenvalue weighted by molar-refractivity contribution is -0.138. The maximum absolute atomic E-state index is 13.5. The number of rotatable bonds is 8. The molecule has 1 fully saturated rings. The molecule has 0 aliphatic carbocycles. The Morgan fingerprint density at radius 1 is 1.00 bits per heavy atom. The first kappa shape index (κ1) is 29.6. The number of amides is 1. The summed E-state index contributed by atoms with van der Waals surface area (Å²) < 4.78 is 40.3. The van der Waals surface area contributed by atoms with Crippen LogP contribution in [-0.4, -0.2) is 37.0 Å². The van der Waals surface area contributed by atoms with Gasteiger partial charge in [0.2, 0.25) is 5.91 Å². The number of hydrogen-bond donors (Lipinski definition) is 1. The molecule has 1 heterocycles. The van der Waals surface area contributed by atoms with Crippen LogP contribution in [0.15, 0.2) is 36.4 Å². The van der Waals surface area contributed by atoms with Crippen LogP contribution in [0.1, 0.15) is 56.8 Å². The minimum absolute atomic E-state index is 0.0600. The van der Waals surface area contributed by atoms with Gasteiger partial charge in [-0.1, -0.05) is 57.0 Å². The summed E-state index contributed by atoms with van der Waals surface area (Å²) in [7, 11) is 0. The Morgan fingerprint density at radius 2 is 1.65 bits per heavy atom. The number of benzene rings is 2. The highest BCUT2D eigenvalue weighted by Gasteiger charge is 2.34. The average Bonchev–Trinajstić information content (AvgIpc) is 2.81. The van der Waals surface area contributed by atoms with Crippen LogP contribution in [0.4, 0.5) is 18.9 Å². The van der Waals surface area contributed by atoms with Crippen LogP contribution in [-0.2, 0) is 17.4 Å². The van der Waals surface area contributed by atoms with E-state index in [0.29, 0.717) is 60.3 Å². The van der Waals surface area contributed by atoms with E-state index in [2.05, 4.69) is 0 Å². The summed E-state index contributed by atoms with van der Waals surface area (Å²) in [4.78, 5) is 17.4. The summed E-state index contributed by atoms with van der Waals surface area (Å²) >= 11 is 12.4. The predicted octanol–water partition coefficient (Wildman–Crippen LogP) is 7.22. The lowest BCUT2D eigenvalue weighted by Crippen LogP contribution is -2.51. The number of hydrogen-bond acceptors (Lipinski definition) is 3. The Morgan fingerprint density at radius 3 is 2.19 bits per heavy atom. The summed E-state index contributed by atoms with van der Waals surface area (Å²) in [6.07, 6.45) is -3.34. The Balaban J connectivity index is 1.76. The van der Waals surface area contributed by atoms with Crippen molar-refractivity contribution < 1.29 is 18.0 Å². The smallest absolute Gasteiger partial charge is 0.368 e. The molecule has 3 rings (SSSR count). The normalized spacial score (nSPS) is 16.4. The Hall–Kier alpha value is -1.96. The van der Waals surface area contributed by atoms with Crippen LogP contribution < -0.4 is 10.6 Å². The van der Waals surface area contributed by atoms with Gasteiger partial charge in [-0.25, -0.2) is 0 Å². The monoisotopic (exact) mass is 557 g/mol. The summed E-state index contributed by atoms with van der Waals surface area (Å²) in [5.74, 6) is 0.165. The van der Waals surface area contributed by atoms with Gasteiger partial charge in [-0.15, -0.1) is 0 Å². The van der Waals surface area contributed by atoms with E-state index in [0.717, 1.165) is 11.6 Å². The van der Waals surface area contributed by atoms with Crippen LogP contribution in [0, 0.1) is 17.8 Å². The number of halogens is 5. The molecule has 4 nitrogen and oxygen atoms in total. The van der Waals surface area contributed by atoms with E-state index in [1.54, 1.807) is 12.1 Å². The van der Waals surface area contributed by atoms with E-state index >= 15 is 0 Å². The van der Waals surface area contributed by atoms with Crippen molar-refractivity contribution in [2.75, 3.05) is 31.1 Å². The van der Waals surface area contributed by atoms with Crippen molar-refractivity contribution in [2.45, 2.75) is 52.8 Å². The quantitative estimate of drug-likeness (QED) is 0.372. The second-order valence-electron chi connectivity index (χ2n) is 10.6. The summed E-state index contributed by atoms with van der Waals surface area (Å²) in [6, 6.07) is 8.63. The molecule has 0 saturated carbocycles. The molecule has 1 saturated heterocycles. The number of carbonyl (C=O) groups excluding carboxylic acids is 1. The third-order valence-corrected chi connectivity index (χ3v) is 7.58. The van der Waals surface area contributed by atoms with Gasteiger partial charge in [0.25, 0.3) is 0 Å². The van der Waals surface area contributed by atoms with E-state index < -0.39 is 17.8 Å². The van der Waals surface area contributed by atoms with Crippen molar-refractivity contribution in [3.05, 3.63) is 63.1 Å². The first-order chi connectivity index (χ1) is 17.3. The number of alkyl halides is 3. The molecule has 2 N–H and O–H groups in total. The molecule has 2 unspecified atom stereocenters. The fourth-order valence-corrected chi connectivity index (χ4v) is 5.37. The molecule has 204 valence electrons. The summed E-state index contributed by atoms with van der Waals surface area (Å²) in [6.45, 7) is 10.0.